The molecule has 0 aliphatic heterocycles. The van der Waals surface area contributed by atoms with E-state index in [4.69, 9.17) is 4.74 Å². The Balaban J connectivity index is 2.21. The predicted molar refractivity (Wildman–Crippen MR) is 90.0 cm³/mol. The molecule has 0 aromatic heterocycles. The molecule has 0 saturated carbocycles. The molecule has 2 nitrogen and oxygen atoms in total. The first-order valence-electron chi connectivity index (χ1n) is 7.83. The van der Waals surface area contributed by atoms with Gasteiger partial charge in [0.15, 0.2) is 0 Å². The zero-order valence-electron chi connectivity index (χ0n) is 13.8. The summed E-state index contributed by atoms with van der Waals surface area (Å²) < 4.78 is 5.66. The summed E-state index contributed by atoms with van der Waals surface area (Å²) >= 11 is 0. The molecule has 0 amide bonds. The molecule has 1 atom stereocenters. The van der Waals surface area contributed by atoms with Gasteiger partial charge >= 0.3 is 5.97 Å². The Labute approximate surface area is 133 Å². The minimum absolute atomic E-state index is 0.240. The van der Waals surface area contributed by atoms with Gasteiger partial charge in [-0.3, -0.25) is 0 Å². The van der Waals surface area contributed by atoms with Gasteiger partial charge in [-0.05, 0) is 48.9 Å². The highest BCUT2D eigenvalue weighted by molar-refractivity contribution is 5.91. The summed E-state index contributed by atoms with van der Waals surface area (Å²) in [6, 6.07) is 15.7. The third-order valence-corrected chi connectivity index (χ3v) is 3.80. The van der Waals surface area contributed by atoms with Crippen LogP contribution in [-0.2, 0) is 11.2 Å². The van der Waals surface area contributed by atoms with Crippen LogP contribution < -0.4 is 0 Å². The quantitative estimate of drug-likeness (QED) is 0.716. The molecule has 2 aromatic carbocycles. The first-order valence-corrected chi connectivity index (χ1v) is 7.83. The first kappa shape index (κ1) is 16.3. The molecule has 2 aromatic rings. The lowest BCUT2D eigenvalue weighted by Gasteiger charge is -2.17. The number of hydrogen-bond acceptors (Lipinski definition) is 2. The van der Waals surface area contributed by atoms with Crippen molar-refractivity contribution in [3.05, 3.63) is 70.8 Å². The van der Waals surface area contributed by atoms with Crippen molar-refractivity contribution in [2.75, 3.05) is 0 Å². The van der Waals surface area contributed by atoms with Gasteiger partial charge < -0.3 is 4.74 Å². The molecule has 22 heavy (non-hydrogen) atoms. The fraction of sp³-hybridized carbons (Fsp3) is 0.350. The average molecular weight is 296 g/mol. The van der Waals surface area contributed by atoms with Crippen LogP contribution in [0.15, 0.2) is 48.5 Å². The average Bonchev–Trinajstić information content (AvgIpc) is 2.49. The highest BCUT2D eigenvalue weighted by atomic mass is 16.5. The molecule has 0 N–H and O–H groups in total. The predicted octanol–water partition coefficient (Wildman–Crippen LogP) is 5.11. The SMILES string of the molecule is Cc1cccc(C(=O)OC(C)c2ccccc2)c1CC(C)C. The Bertz CT molecular complexity index is 629. The third kappa shape index (κ3) is 3.97. The Morgan fingerprint density at radius 2 is 1.68 bits per heavy atom. The van der Waals surface area contributed by atoms with Crippen LogP contribution in [0, 0.1) is 12.8 Å². The Morgan fingerprint density at radius 3 is 2.32 bits per heavy atom. The number of rotatable bonds is 5. The Hall–Kier alpha value is -2.09. The largest absolute Gasteiger partial charge is 0.454 e. The van der Waals surface area contributed by atoms with Crippen LogP contribution in [0.4, 0.5) is 0 Å². The molecule has 0 saturated heterocycles. The van der Waals surface area contributed by atoms with Crippen molar-refractivity contribution < 1.29 is 9.53 Å². The van der Waals surface area contributed by atoms with Crippen LogP contribution in [0.3, 0.4) is 0 Å². The first-order chi connectivity index (χ1) is 10.5. The maximum atomic E-state index is 12.6. The molecule has 0 radical (unpaired) electrons. The number of aryl methyl sites for hydroxylation is 1. The molecule has 2 rings (SSSR count). The van der Waals surface area contributed by atoms with Crippen molar-refractivity contribution in [2.45, 2.75) is 40.2 Å². The topological polar surface area (TPSA) is 26.3 Å². The number of carbonyl (C=O) groups excluding carboxylic acids is 1. The maximum Gasteiger partial charge on any atom is 0.339 e. The lowest BCUT2D eigenvalue weighted by Crippen LogP contribution is -2.13. The van der Waals surface area contributed by atoms with Crippen molar-refractivity contribution >= 4 is 5.97 Å². The molecule has 1 unspecified atom stereocenters. The second-order valence-electron chi connectivity index (χ2n) is 6.16. The van der Waals surface area contributed by atoms with Crippen molar-refractivity contribution in [1.29, 1.82) is 0 Å². The zero-order chi connectivity index (χ0) is 16.1. The molecule has 0 heterocycles. The number of ether oxygens (including phenoxy) is 1. The van der Waals surface area contributed by atoms with E-state index in [0.717, 1.165) is 23.1 Å². The number of esters is 1. The van der Waals surface area contributed by atoms with Crippen LogP contribution >= 0.6 is 0 Å². The minimum Gasteiger partial charge on any atom is -0.454 e. The summed E-state index contributed by atoms with van der Waals surface area (Å²) in [5, 5.41) is 0. The van der Waals surface area contributed by atoms with Gasteiger partial charge in [0, 0.05) is 0 Å². The van der Waals surface area contributed by atoms with E-state index >= 15 is 0 Å². The number of benzene rings is 2. The molecular weight excluding hydrogens is 272 g/mol. The summed E-state index contributed by atoms with van der Waals surface area (Å²) in [6.07, 6.45) is 0.637. The van der Waals surface area contributed by atoms with Crippen LogP contribution in [0.1, 0.15) is 53.9 Å². The Kier molecular flexibility index (Phi) is 5.37. The van der Waals surface area contributed by atoms with E-state index < -0.39 is 0 Å². The molecule has 0 fully saturated rings. The van der Waals surface area contributed by atoms with Gasteiger partial charge in [0.2, 0.25) is 0 Å². The van der Waals surface area contributed by atoms with E-state index in [9.17, 15) is 4.79 Å². The molecule has 0 aliphatic carbocycles. The molecule has 0 bridgehead atoms. The molecule has 116 valence electrons. The lowest BCUT2D eigenvalue weighted by molar-refractivity contribution is 0.0336. The smallest absolute Gasteiger partial charge is 0.339 e. The van der Waals surface area contributed by atoms with E-state index in [2.05, 4.69) is 26.8 Å². The number of hydrogen-bond donors (Lipinski definition) is 0. The molecule has 0 spiro atoms. The fourth-order valence-electron chi connectivity index (χ4n) is 2.59. The minimum atomic E-state index is -0.249. The summed E-state index contributed by atoms with van der Waals surface area (Å²) in [6.45, 7) is 8.28. The van der Waals surface area contributed by atoms with Gasteiger partial charge in [0.25, 0.3) is 0 Å². The second kappa shape index (κ2) is 7.26. The second-order valence-corrected chi connectivity index (χ2v) is 6.16. The summed E-state index contributed by atoms with van der Waals surface area (Å²) in [7, 11) is 0. The van der Waals surface area contributed by atoms with E-state index in [0.29, 0.717) is 11.5 Å². The van der Waals surface area contributed by atoms with Gasteiger partial charge in [-0.1, -0.05) is 56.3 Å². The summed E-state index contributed by atoms with van der Waals surface area (Å²) in [4.78, 5) is 12.6. The molecule has 2 heteroatoms. The number of carbonyl (C=O) groups is 1. The van der Waals surface area contributed by atoms with Crippen LogP contribution in [0.5, 0.6) is 0 Å². The van der Waals surface area contributed by atoms with Gasteiger partial charge in [-0.2, -0.15) is 0 Å². The van der Waals surface area contributed by atoms with E-state index in [1.54, 1.807) is 0 Å². The highest BCUT2D eigenvalue weighted by Gasteiger charge is 2.18. The summed E-state index contributed by atoms with van der Waals surface area (Å²) in [5.41, 5.74) is 3.95. The monoisotopic (exact) mass is 296 g/mol. The van der Waals surface area contributed by atoms with Gasteiger partial charge in [0.05, 0.1) is 5.56 Å². The van der Waals surface area contributed by atoms with Crippen molar-refractivity contribution in [3.8, 4) is 0 Å². The van der Waals surface area contributed by atoms with Crippen molar-refractivity contribution in [2.24, 2.45) is 5.92 Å². The highest BCUT2D eigenvalue weighted by Crippen LogP contribution is 2.23. The normalized spacial score (nSPS) is 12.2. The van der Waals surface area contributed by atoms with Crippen molar-refractivity contribution in [1.82, 2.24) is 0 Å². The third-order valence-electron chi connectivity index (χ3n) is 3.80. The molecule has 0 aliphatic rings. The van der Waals surface area contributed by atoms with E-state index in [-0.39, 0.29) is 12.1 Å². The van der Waals surface area contributed by atoms with Gasteiger partial charge in [-0.15, -0.1) is 0 Å². The van der Waals surface area contributed by atoms with Gasteiger partial charge in [-0.25, -0.2) is 4.79 Å². The van der Waals surface area contributed by atoms with Gasteiger partial charge in [0.1, 0.15) is 6.10 Å². The van der Waals surface area contributed by atoms with Crippen LogP contribution in [0.25, 0.3) is 0 Å². The maximum absolute atomic E-state index is 12.6. The molecular formula is C20H24O2. The standard InChI is InChI=1S/C20H24O2/c1-14(2)13-19-15(3)9-8-12-18(19)20(21)22-16(4)17-10-6-5-7-11-17/h5-12,14,16H,13H2,1-4H3. The lowest BCUT2D eigenvalue weighted by atomic mass is 9.94. The van der Waals surface area contributed by atoms with Crippen molar-refractivity contribution in [3.63, 3.8) is 0 Å². The van der Waals surface area contributed by atoms with E-state index in [1.165, 1.54) is 0 Å². The zero-order valence-corrected chi connectivity index (χ0v) is 13.8. The van der Waals surface area contributed by atoms with Crippen LogP contribution in [-0.4, -0.2) is 5.97 Å². The van der Waals surface area contributed by atoms with E-state index in [1.807, 2.05) is 49.4 Å². The Morgan fingerprint density at radius 1 is 1.00 bits per heavy atom. The summed E-state index contributed by atoms with van der Waals surface area (Å²) in [5.74, 6) is 0.259. The van der Waals surface area contributed by atoms with Crippen LogP contribution in [0.2, 0.25) is 0 Å². The fourth-order valence-corrected chi connectivity index (χ4v) is 2.59.